The fourth-order valence-corrected chi connectivity index (χ4v) is 0.707. The summed E-state index contributed by atoms with van der Waals surface area (Å²) in [5.41, 5.74) is 5.48. The van der Waals surface area contributed by atoms with Crippen molar-refractivity contribution in [3.05, 3.63) is 0 Å². The highest BCUT2D eigenvalue weighted by Crippen LogP contribution is 1.81. The zero-order valence-electron chi connectivity index (χ0n) is 8.09. The zero-order valence-corrected chi connectivity index (χ0v) is 8.09. The second kappa shape index (κ2) is 6.42. The van der Waals surface area contributed by atoms with Crippen molar-refractivity contribution >= 4 is 11.8 Å². The van der Waals surface area contributed by atoms with Crippen molar-refractivity contribution in [2.75, 3.05) is 13.1 Å². The lowest BCUT2D eigenvalue weighted by molar-refractivity contribution is -0.125. The summed E-state index contributed by atoms with van der Waals surface area (Å²) in [6, 6.07) is 0.0843. The molecule has 0 aromatic carbocycles. The molecule has 2 amide bonds. The molecule has 0 rings (SSSR count). The first kappa shape index (κ1) is 11.9. The molecule has 0 aromatic rings. The van der Waals surface area contributed by atoms with E-state index in [1.807, 2.05) is 6.92 Å². The van der Waals surface area contributed by atoms with Crippen LogP contribution in [0.5, 0.6) is 0 Å². The highest BCUT2D eigenvalue weighted by Gasteiger charge is 2.01. The van der Waals surface area contributed by atoms with Crippen LogP contribution < -0.4 is 16.4 Å². The first-order valence-electron chi connectivity index (χ1n) is 4.29. The monoisotopic (exact) mass is 187 g/mol. The maximum Gasteiger partial charge on any atom is 0.239 e. The van der Waals surface area contributed by atoms with Crippen molar-refractivity contribution in [3.63, 3.8) is 0 Å². The van der Waals surface area contributed by atoms with E-state index in [1.165, 1.54) is 6.92 Å². The normalized spacial score (nSPS) is 11.9. The van der Waals surface area contributed by atoms with E-state index >= 15 is 0 Å². The molecule has 0 aliphatic carbocycles. The number of nitrogens with two attached hydrogens (primary N) is 1. The van der Waals surface area contributed by atoms with Gasteiger partial charge in [-0.2, -0.15) is 0 Å². The van der Waals surface area contributed by atoms with E-state index in [0.717, 1.165) is 6.42 Å². The Balaban J connectivity index is 3.36. The fraction of sp³-hybridized carbons (Fsp3) is 0.750. The predicted octanol–water partition coefficient (Wildman–Crippen LogP) is -1.02. The Kier molecular flexibility index (Phi) is 5.88. The molecule has 0 saturated carbocycles. The van der Waals surface area contributed by atoms with Crippen LogP contribution in [0.1, 0.15) is 20.3 Å². The third kappa shape index (κ3) is 8.81. The minimum absolute atomic E-state index is 0.0360. The van der Waals surface area contributed by atoms with Gasteiger partial charge in [0.1, 0.15) is 0 Å². The molecular weight excluding hydrogens is 170 g/mol. The van der Waals surface area contributed by atoms with Crippen LogP contribution in [-0.2, 0) is 9.59 Å². The van der Waals surface area contributed by atoms with Crippen LogP contribution in [0.2, 0.25) is 0 Å². The lowest BCUT2D eigenvalue weighted by Gasteiger charge is -2.07. The lowest BCUT2D eigenvalue weighted by Crippen LogP contribution is -2.37. The highest BCUT2D eigenvalue weighted by atomic mass is 16.2. The molecule has 4 N–H and O–H groups in total. The summed E-state index contributed by atoms with van der Waals surface area (Å²) in [6.07, 6.45) is 0.742. The molecule has 0 aromatic heterocycles. The molecule has 0 aliphatic rings. The molecule has 0 heterocycles. The smallest absolute Gasteiger partial charge is 0.239 e. The van der Waals surface area contributed by atoms with Gasteiger partial charge in [-0.25, -0.2) is 0 Å². The van der Waals surface area contributed by atoms with Gasteiger partial charge in [0.05, 0.1) is 6.54 Å². The summed E-state index contributed by atoms with van der Waals surface area (Å²) >= 11 is 0. The van der Waals surface area contributed by atoms with E-state index in [-0.39, 0.29) is 24.4 Å². The summed E-state index contributed by atoms with van der Waals surface area (Å²) in [5, 5.41) is 5.04. The van der Waals surface area contributed by atoms with E-state index in [0.29, 0.717) is 6.54 Å². The van der Waals surface area contributed by atoms with Crippen molar-refractivity contribution in [1.82, 2.24) is 10.6 Å². The predicted molar refractivity (Wildman–Crippen MR) is 50.0 cm³/mol. The second-order valence-electron chi connectivity index (χ2n) is 3.03. The maximum atomic E-state index is 11.0. The van der Waals surface area contributed by atoms with Gasteiger partial charge in [0, 0.05) is 19.5 Å². The number of hydrogen-bond donors (Lipinski definition) is 3. The average molecular weight is 187 g/mol. The van der Waals surface area contributed by atoms with Gasteiger partial charge >= 0.3 is 0 Å². The summed E-state index contributed by atoms with van der Waals surface area (Å²) < 4.78 is 0. The van der Waals surface area contributed by atoms with Crippen LogP contribution in [0.3, 0.4) is 0 Å². The first-order chi connectivity index (χ1) is 6.02. The number of hydrogen-bond acceptors (Lipinski definition) is 3. The van der Waals surface area contributed by atoms with Crippen LogP contribution in [0, 0.1) is 0 Å². The molecule has 1 atom stereocenters. The largest absolute Gasteiger partial charge is 0.355 e. The minimum Gasteiger partial charge on any atom is -0.355 e. The van der Waals surface area contributed by atoms with E-state index in [4.69, 9.17) is 5.73 Å². The molecule has 0 fully saturated rings. The number of carbonyl (C=O) groups excluding carboxylic acids is 2. The van der Waals surface area contributed by atoms with Gasteiger partial charge in [-0.3, -0.25) is 9.59 Å². The Morgan fingerprint density at radius 2 is 2.00 bits per heavy atom. The van der Waals surface area contributed by atoms with Crippen LogP contribution >= 0.6 is 0 Å². The number of carbonyl (C=O) groups is 2. The molecule has 0 spiro atoms. The first-order valence-corrected chi connectivity index (χ1v) is 4.29. The van der Waals surface area contributed by atoms with E-state index < -0.39 is 0 Å². The van der Waals surface area contributed by atoms with Gasteiger partial charge in [-0.05, 0) is 13.3 Å². The van der Waals surface area contributed by atoms with Crippen LogP contribution in [0.25, 0.3) is 0 Å². The number of rotatable bonds is 5. The molecule has 0 bridgehead atoms. The van der Waals surface area contributed by atoms with Gasteiger partial charge in [-0.1, -0.05) is 0 Å². The van der Waals surface area contributed by atoms with Crippen molar-refractivity contribution in [3.8, 4) is 0 Å². The zero-order chi connectivity index (χ0) is 10.3. The van der Waals surface area contributed by atoms with Crippen molar-refractivity contribution < 1.29 is 9.59 Å². The molecule has 5 heteroatoms. The Hall–Kier alpha value is -1.10. The fourth-order valence-electron chi connectivity index (χ4n) is 0.707. The molecular formula is C8H17N3O2. The second-order valence-corrected chi connectivity index (χ2v) is 3.03. The average Bonchev–Trinajstić information content (AvgIpc) is 2.00. The molecule has 0 radical (unpaired) electrons. The summed E-state index contributed by atoms with van der Waals surface area (Å²) in [6.45, 7) is 3.83. The Bertz CT molecular complexity index is 180. The SMILES string of the molecule is CC(=O)NCC(=O)NCCC(C)N. The number of nitrogens with one attached hydrogen (secondary N) is 2. The third-order valence-corrected chi connectivity index (χ3v) is 1.42. The van der Waals surface area contributed by atoms with Gasteiger partial charge in [0.25, 0.3) is 0 Å². The molecule has 1 unspecified atom stereocenters. The highest BCUT2D eigenvalue weighted by molar-refractivity contribution is 5.83. The molecule has 0 saturated heterocycles. The molecule has 13 heavy (non-hydrogen) atoms. The third-order valence-electron chi connectivity index (χ3n) is 1.42. The van der Waals surface area contributed by atoms with Crippen LogP contribution in [0.15, 0.2) is 0 Å². The van der Waals surface area contributed by atoms with E-state index in [2.05, 4.69) is 10.6 Å². The quantitative estimate of drug-likeness (QED) is 0.515. The van der Waals surface area contributed by atoms with Crippen molar-refractivity contribution in [2.24, 2.45) is 5.73 Å². The summed E-state index contributed by atoms with van der Waals surface area (Å²) in [7, 11) is 0. The van der Waals surface area contributed by atoms with Gasteiger partial charge in [0.15, 0.2) is 0 Å². The van der Waals surface area contributed by atoms with Gasteiger partial charge in [-0.15, -0.1) is 0 Å². The molecule has 5 nitrogen and oxygen atoms in total. The standard InChI is InChI=1S/C8H17N3O2/c1-6(9)3-4-10-8(13)5-11-7(2)12/h6H,3-5,9H2,1-2H3,(H,10,13)(H,11,12). The Morgan fingerprint density at radius 1 is 1.38 bits per heavy atom. The van der Waals surface area contributed by atoms with Crippen molar-refractivity contribution in [1.29, 1.82) is 0 Å². The Morgan fingerprint density at radius 3 is 2.46 bits per heavy atom. The molecule has 0 aliphatic heterocycles. The minimum atomic E-state index is -0.206. The van der Waals surface area contributed by atoms with Gasteiger partial charge in [0.2, 0.25) is 11.8 Å². The van der Waals surface area contributed by atoms with Gasteiger partial charge < -0.3 is 16.4 Å². The topological polar surface area (TPSA) is 84.2 Å². The maximum absolute atomic E-state index is 11.0. The number of amides is 2. The van der Waals surface area contributed by atoms with E-state index in [1.54, 1.807) is 0 Å². The summed E-state index contributed by atoms with van der Waals surface area (Å²) in [5.74, 6) is -0.391. The lowest BCUT2D eigenvalue weighted by atomic mass is 10.2. The molecule has 76 valence electrons. The van der Waals surface area contributed by atoms with Crippen LogP contribution in [-0.4, -0.2) is 30.9 Å². The van der Waals surface area contributed by atoms with Crippen molar-refractivity contribution in [2.45, 2.75) is 26.3 Å². The van der Waals surface area contributed by atoms with E-state index in [9.17, 15) is 9.59 Å². The summed E-state index contributed by atoms with van der Waals surface area (Å²) in [4.78, 5) is 21.4. The van der Waals surface area contributed by atoms with Crippen LogP contribution in [0.4, 0.5) is 0 Å². The Labute approximate surface area is 78.1 Å².